The quantitative estimate of drug-likeness (QED) is 0.594. The summed E-state index contributed by atoms with van der Waals surface area (Å²) in [5.41, 5.74) is 0. The highest BCUT2D eigenvalue weighted by atomic mass is 32.2. The summed E-state index contributed by atoms with van der Waals surface area (Å²) in [7, 11) is 0. The molecule has 1 aliphatic rings. The second-order valence-corrected chi connectivity index (χ2v) is 4.88. The van der Waals surface area contributed by atoms with Crippen LogP contribution in [0.4, 0.5) is 0 Å². The molecule has 0 bridgehead atoms. The van der Waals surface area contributed by atoms with E-state index in [0.29, 0.717) is 0 Å². The van der Waals surface area contributed by atoms with E-state index in [-0.39, 0.29) is 12.2 Å². The van der Waals surface area contributed by atoms with Gasteiger partial charge in [0.25, 0.3) is 0 Å². The van der Waals surface area contributed by atoms with Crippen molar-refractivity contribution in [3.05, 3.63) is 0 Å². The van der Waals surface area contributed by atoms with Crippen molar-refractivity contribution in [3.63, 3.8) is 0 Å². The van der Waals surface area contributed by atoms with E-state index >= 15 is 0 Å². The Hall–Kier alpha value is 0.270. The van der Waals surface area contributed by atoms with Gasteiger partial charge in [0.05, 0.1) is 6.10 Å². The third-order valence-corrected chi connectivity index (χ3v) is 3.22. The summed E-state index contributed by atoms with van der Waals surface area (Å²) in [6.45, 7) is 4.05. The lowest BCUT2D eigenvalue weighted by Crippen LogP contribution is -2.32. The van der Waals surface area contributed by atoms with Crippen molar-refractivity contribution < 1.29 is 9.29 Å². The highest BCUT2D eigenvalue weighted by Crippen LogP contribution is 2.16. The molecule has 0 radical (unpaired) electrons. The molecular weight excluding hydrogens is 160 g/mol. The first-order valence-electron chi connectivity index (χ1n) is 4.19. The fourth-order valence-electron chi connectivity index (χ4n) is 1.34. The van der Waals surface area contributed by atoms with Crippen molar-refractivity contribution >= 4 is 11.2 Å². The summed E-state index contributed by atoms with van der Waals surface area (Å²) in [4.78, 5) is 0. The van der Waals surface area contributed by atoms with Crippen LogP contribution in [0.1, 0.15) is 26.7 Å². The minimum atomic E-state index is -0.612. The van der Waals surface area contributed by atoms with Crippen LogP contribution in [0.25, 0.3) is 0 Å². The van der Waals surface area contributed by atoms with Crippen LogP contribution in [-0.4, -0.2) is 28.3 Å². The highest BCUT2D eigenvalue weighted by Gasteiger charge is 2.23. The Morgan fingerprint density at radius 3 is 2.82 bits per heavy atom. The molecule has 2 atom stereocenters. The zero-order valence-corrected chi connectivity index (χ0v) is 8.02. The van der Waals surface area contributed by atoms with Crippen LogP contribution in [0.15, 0.2) is 0 Å². The molecule has 0 saturated carbocycles. The van der Waals surface area contributed by atoms with E-state index in [0.717, 1.165) is 24.3 Å². The molecule has 1 saturated heterocycles. The Balaban J connectivity index is 2.23. The number of hydrogen-bond acceptors (Lipinski definition) is 2. The van der Waals surface area contributed by atoms with Crippen LogP contribution in [-0.2, 0) is 15.9 Å². The molecule has 0 aromatic heterocycles. The predicted octanol–water partition coefficient (Wildman–Crippen LogP) is 1.32. The zero-order chi connectivity index (χ0) is 8.27. The molecule has 1 fully saturated rings. The van der Waals surface area contributed by atoms with E-state index in [1.165, 1.54) is 0 Å². The van der Waals surface area contributed by atoms with Gasteiger partial charge in [-0.05, 0) is 26.7 Å². The normalized spacial score (nSPS) is 32.7. The van der Waals surface area contributed by atoms with Gasteiger partial charge in [0, 0.05) is 0 Å². The SMILES string of the molecule is CC(C)OC1CCC[S+]([O-])C1. The molecule has 0 amide bonds. The Kier molecular flexibility index (Phi) is 3.69. The number of ether oxygens (including phenoxy) is 1. The molecule has 0 aromatic rings. The molecule has 0 N–H and O–H groups in total. The second-order valence-electron chi connectivity index (χ2n) is 3.26. The minimum Gasteiger partial charge on any atom is -0.616 e. The van der Waals surface area contributed by atoms with Crippen LogP contribution in [0.3, 0.4) is 0 Å². The molecule has 0 aliphatic carbocycles. The van der Waals surface area contributed by atoms with E-state index < -0.39 is 11.2 Å². The minimum absolute atomic E-state index is 0.254. The van der Waals surface area contributed by atoms with Gasteiger partial charge in [-0.15, -0.1) is 0 Å². The largest absolute Gasteiger partial charge is 0.616 e. The average Bonchev–Trinajstić information content (AvgIpc) is 1.85. The number of rotatable bonds is 2. The van der Waals surface area contributed by atoms with E-state index in [9.17, 15) is 4.55 Å². The standard InChI is InChI=1S/C8H16O2S/c1-7(2)10-8-4-3-5-11(9)6-8/h7-8H,3-6H2,1-2H3. The van der Waals surface area contributed by atoms with Gasteiger partial charge in [0.2, 0.25) is 0 Å². The molecule has 1 aliphatic heterocycles. The average molecular weight is 176 g/mol. The van der Waals surface area contributed by atoms with Gasteiger partial charge in [-0.3, -0.25) is 0 Å². The summed E-state index contributed by atoms with van der Waals surface area (Å²) >= 11 is -0.612. The molecule has 1 heterocycles. The summed E-state index contributed by atoms with van der Waals surface area (Å²) in [5.74, 6) is 1.62. The molecule has 66 valence electrons. The monoisotopic (exact) mass is 176 g/mol. The van der Waals surface area contributed by atoms with Crippen LogP contribution in [0.5, 0.6) is 0 Å². The summed E-state index contributed by atoms with van der Waals surface area (Å²) in [6, 6.07) is 0. The maximum Gasteiger partial charge on any atom is 0.131 e. The lowest BCUT2D eigenvalue weighted by atomic mass is 10.2. The van der Waals surface area contributed by atoms with E-state index in [2.05, 4.69) is 0 Å². The van der Waals surface area contributed by atoms with Crippen molar-refractivity contribution in [2.45, 2.75) is 38.9 Å². The van der Waals surface area contributed by atoms with E-state index in [4.69, 9.17) is 4.74 Å². The molecule has 0 aromatic carbocycles. The van der Waals surface area contributed by atoms with Gasteiger partial charge in [-0.25, -0.2) is 0 Å². The van der Waals surface area contributed by atoms with Crippen LogP contribution < -0.4 is 0 Å². The highest BCUT2D eigenvalue weighted by molar-refractivity contribution is 7.91. The second kappa shape index (κ2) is 4.33. The fraction of sp³-hybridized carbons (Fsp3) is 1.00. The van der Waals surface area contributed by atoms with E-state index in [1.807, 2.05) is 13.8 Å². The third kappa shape index (κ3) is 3.45. The molecule has 3 heteroatoms. The summed E-state index contributed by atoms with van der Waals surface area (Å²) in [5, 5.41) is 0. The van der Waals surface area contributed by atoms with Gasteiger partial charge >= 0.3 is 0 Å². The van der Waals surface area contributed by atoms with Gasteiger partial charge in [0.15, 0.2) is 0 Å². The first-order chi connectivity index (χ1) is 5.18. The maximum atomic E-state index is 11.1. The molecule has 2 unspecified atom stereocenters. The Labute approximate surface area is 71.5 Å². The van der Waals surface area contributed by atoms with E-state index in [1.54, 1.807) is 0 Å². The number of hydrogen-bond donors (Lipinski definition) is 0. The summed E-state index contributed by atoms with van der Waals surface area (Å²) < 4.78 is 16.7. The van der Waals surface area contributed by atoms with Crippen molar-refractivity contribution in [1.29, 1.82) is 0 Å². The van der Waals surface area contributed by atoms with Gasteiger partial charge < -0.3 is 9.29 Å². The molecule has 1 rings (SSSR count). The lowest BCUT2D eigenvalue weighted by molar-refractivity contribution is 0.0142. The smallest absolute Gasteiger partial charge is 0.131 e. The van der Waals surface area contributed by atoms with Gasteiger partial charge in [-0.1, -0.05) is 11.2 Å². The fourth-order valence-corrected chi connectivity index (χ4v) is 2.65. The third-order valence-electron chi connectivity index (χ3n) is 1.73. The van der Waals surface area contributed by atoms with Gasteiger partial charge in [-0.2, -0.15) is 0 Å². The maximum absolute atomic E-state index is 11.1. The Morgan fingerprint density at radius 2 is 2.27 bits per heavy atom. The van der Waals surface area contributed by atoms with Crippen LogP contribution >= 0.6 is 0 Å². The van der Waals surface area contributed by atoms with Crippen LogP contribution in [0, 0.1) is 0 Å². The van der Waals surface area contributed by atoms with Crippen molar-refractivity contribution in [3.8, 4) is 0 Å². The molecule has 11 heavy (non-hydrogen) atoms. The zero-order valence-electron chi connectivity index (χ0n) is 7.21. The first-order valence-corrected chi connectivity index (χ1v) is 5.67. The lowest BCUT2D eigenvalue weighted by Gasteiger charge is -2.25. The summed E-state index contributed by atoms with van der Waals surface area (Å²) in [6.07, 6.45) is 2.67. The van der Waals surface area contributed by atoms with Crippen LogP contribution in [0.2, 0.25) is 0 Å². The van der Waals surface area contributed by atoms with Crippen molar-refractivity contribution in [1.82, 2.24) is 0 Å². The predicted molar refractivity (Wildman–Crippen MR) is 47.1 cm³/mol. The molecule has 2 nitrogen and oxygen atoms in total. The Morgan fingerprint density at radius 1 is 1.55 bits per heavy atom. The van der Waals surface area contributed by atoms with Crippen molar-refractivity contribution in [2.24, 2.45) is 0 Å². The molecular formula is C8H16O2S. The van der Waals surface area contributed by atoms with Gasteiger partial charge in [0.1, 0.15) is 17.6 Å². The topological polar surface area (TPSA) is 32.3 Å². The van der Waals surface area contributed by atoms with Crippen molar-refractivity contribution in [2.75, 3.05) is 11.5 Å². The molecule has 0 spiro atoms. The Bertz CT molecular complexity index is 115. The first kappa shape index (κ1) is 9.36.